The zero-order chi connectivity index (χ0) is 12.3. The molecule has 0 saturated carbocycles. The predicted octanol–water partition coefficient (Wildman–Crippen LogP) is 3.59. The van der Waals surface area contributed by atoms with Crippen molar-refractivity contribution in [3.63, 3.8) is 0 Å². The molecule has 1 heterocycles. The molecule has 5 heteroatoms. The summed E-state index contributed by atoms with van der Waals surface area (Å²) in [5.41, 5.74) is 0.653. The second-order valence-electron chi connectivity index (χ2n) is 3.36. The molecule has 0 aliphatic carbocycles. The summed E-state index contributed by atoms with van der Waals surface area (Å²) in [6.07, 6.45) is 1.31. The quantitative estimate of drug-likeness (QED) is 0.782. The lowest BCUT2D eigenvalue weighted by Crippen LogP contribution is -1.97. The van der Waals surface area contributed by atoms with Crippen LogP contribution < -0.4 is 4.74 Å². The van der Waals surface area contributed by atoms with Crippen LogP contribution in [0.25, 0.3) is 0 Å². The maximum absolute atomic E-state index is 13.0. The van der Waals surface area contributed by atoms with Gasteiger partial charge in [-0.15, -0.1) is 0 Å². The number of hydrogen-bond acceptors (Lipinski definition) is 2. The summed E-state index contributed by atoms with van der Waals surface area (Å²) in [7, 11) is 0. The van der Waals surface area contributed by atoms with Crippen LogP contribution in [-0.4, -0.2) is 4.98 Å². The average Bonchev–Trinajstić information content (AvgIpc) is 2.31. The van der Waals surface area contributed by atoms with E-state index in [9.17, 15) is 8.78 Å². The van der Waals surface area contributed by atoms with Crippen molar-refractivity contribution in [1.29, 1.82) is 0 Å². The fourth-order valence-electron chi connectivity index (χ4n) is 1.28. The van der Waals surface area contributed by atoms with Gasteiger partial charge in [-0.25, -0.2) is 13.8 Å². The molecular formula is C12H8ClF2NO. The molecule has 0 spiro atoms. The zero-order valence-electron chi connectivity index (χ0n) is 8.66. The fourth-order valence-corrected chi connectivity index (χ4v) is 1.38. The van der Waals surface area contributed by atoms with Crippen LogP contribution in [0.4, 0.5) is 8.78 Å². The monoisotopic (exact) mass is 255 g/mol. The molecule has 0 aliphatic heterocycles. The number of pyridine rings is 1. The number of benzene rings is 1. The van der Waals surface area contributed by atoms with E-state index in [4.69, 9.17) is 16.3 Å². The van der Waals surface area contributed by atoms with E-state index in [0.717, 1.165) is 6.07 Å². The van der Waals surface area contributed by atoms with Gasteiger partial charge in [-0.3, -0.25) is 0 Å². The topological polar surface area (TPSA) is 22.1 Å². The maximum Gasteiger partial charge on any atom is 0.164 e. The van der Waals surface area contributed by atoms with Crippen LogP contribution in [0.5, 0.6) is 5.75 Å². The molecule has 0 saturated heterocycles. The summed E-state index contributed by atoms with van der Waals surface area (Å²) >= 11 is 5.43. The minimum absolute atomic E-state index is 0.139. The van der Waals surface area contributed by atoms with Gasteiger partial charge in [0, 0.05) is 6.07 Å². The largest absolute Gasteiger partial charge is 0.487 e. The molecule has 0 atom stereocenters. The Kier molecular flexibility index (Phi) is 3.54. The molecule has 0 radical (unpaired) electrons. The third-order valence-corrected chi connectivity index (χ3v) is 2.34. The smallest absolute Gasteiger partial charge is 0.164 e. The molecular weight excluding hydrogens is 248 g/mol. The van der Waals surface area contributed by atoms with Crippen molar-refractivity contribution >= 4 is 11.6 Å². The number of halogens is 3. The number of nitrogens with zero attached hydrogens (tertiary/aromatic N) is 1. The first-order valence-electron chi connectivity index (χ1n) is 4.83. The van der Waals surface area contributed by atoms with Crippen molar-refractivity contribution in [2.45, 2.75) is 6.61 Å². The first-order valence-corrected chi connectivity index (χ1v) is 5.21. The summed E-state index contributed by atoms with van der Waals surface area (Å²) < 4.78 is 31.2. The summed E-state index contributed by atoms with van der Waals surface area (Å²) in [5.74, 6) is -0.744. The fraction of sp³-hybridized carbons (Fsp3) is 0.0833. The molecule has 1 aromatic heterocycles. The maximum atomic E-state index is 13.0. The van der Waals surface area contributed by atoms with E-state index in [1.54, 1.807) is 12.1 Å². The van der Waals surface area contributed by atoms with Crippen molar-refractivity contribution in [2.75, 3.05) is 0 Å². The first-order chi connectivity index (χ1) is 8.15. The number of ether oxygens (including phenoxy) is 1. The molecule has 0 amide bonds. The van der Waals surface area contributed by atoms with Crippen molar-refractivity contribution < 1.29 is 13.5 Å². The highest BCUT2D eigenvalue weighted by atomic mass is 35.5. The van der Waals surface area contributed by atoms with Gasteiger partial charge in [-0.1, -0.05) is 23.7 Å². The van der Waals surface area contributed by atoms with Gasteiger partial charge in [0.2, 0.25) is 0 Å². The minimum Gasteiger partial charge on any atom is -0.487 e. The highest BCUT2D eigenvalue weighted by molar-refractivity contribution is 6.29. The van der Waals surface area contributed by atoms with E-state index in [1.165, 1.54) is 18.3 Å². The Morgan fingerprint density at radius 3 is 2.76 bits per heavy atom. The molecule has 2 aromatic rings. The predicted molar refractivity (Wildman–Crippen MR) is 59.9 cm³/mol. The highest BCUT2D eigenvalue weighted by Crippen LogP contribution is 2.18. The average molecular weight is 256 g/mol. The lowest BCUT2D eigenvalue weighted by molar-refractivity contribution is 0.302. The molecule has 0 aliphatic rings. The number of aromatic nitrogens is 1. The Bertz CT molecular complexity index is 534. The third-order valence-electron chi connectivity index (χ3n) is 2.07. The molecule has 1 aromatic carbocycles. The van der Waals surface area contributed by atoms with E-state index in [-0.39, 0.29) is 23.3 Å². The Morgan fingerprint density at radius 2 is 2.06 bits per heavy atom. The van der Waals surface area contributed by atoms with Crippen LogP contribution in [0, 0.1) is 11.6 Å². The van der Waals surface area contributed by atoms with Gasteiger partial charge in [0.05, 0.1) is 6.20 Å². The van der Waals surface area contributed by atoms with Gasteiger partial charge < -0.3 is 4.74 Å². The van der Waals surface area contributed by atoms with Gasteiger partial charge in [0.1, 0.15) is 18.2 Å². The Hall–Kier alpha value is -1.68. The van der Waals surface area contributed by atoms with Crippen LogP contribution in [0.3, 0.4) is 0 Å². The van der Waals surface area contributed by atoms with Gasteiger partial charge >= 0.3 is 0 Å². The van der Waals surface area contributed by atoms with Crippen molar-refractivity contribution in [3.05, 3.63) is 58.9 Å². The zero-order valence-corrected chi connectivity index (χ0v) is 9.42. The van der Waals surface area contributed by atoms with E-state index in [2.05, 4.69) is 4.98 Å². The van der Waals surface area contributed by atoms with E-state index < -0.39 is 5.82 Å². The van der Waals surface area contributed by atoms with Gasteiger partial charge in [-0.2, -0.15) is 0 Å². The Morgan fingerprint density at radius 1 is 1.24 bits per heavy atom. The molecule has 88 valence electrons. The normalized spacial score (nSPS) is 10.3. The van der Waals surface area contributed by atoms with Gasteiger partial charge in [-0.05, 0) is 17.7 Å². The van der Waals surface area contributed by atoms with E-state index >= 15 is 0 Å². The van der Waals surface area contributed by atoms with Crippen molar-refractivity contribution in [2.24, 2.45) is 0 Å². The summed E-state index contributed by atoms with van der Waals surface area (Å²) in [4.78, 5) is 3.60. The summed E-state index contributed by atoms with van der Waals surface area (Å²) in [6, 6.07) is 7.11. The minimum atomic E-state index is -0.650. The first kappa shape index (κ1) is 11.8. The second-order valence-corrected chi connectivity index (χ2v) is 3.72. The Labute approximate surface area is 102 Å². The van der Waals surface area contributed by atoms with E-state index in [1.807, 2.05) is 0 Å². The van der Waals surface area contributed by atoms with Crippen molar-refractivity contribution in [1.82, 2.24) is 4.98 Å². The Balaban J connectivity index is 2.05. The van der Waals surface area contributed by atoms with Gasteiger partial charge in [0.25, 0.3) is 0 Å². The summed E-state index contributed by atoms with van der Waals surface area (Å²) in [6.45, 7) is 0.139. The van der Waals surface area contributed by atoms with Crippen LogP contribution in [0.15, 0.2) is 36.5 Å². The van der Waals surface area contributed by atoms with Crippen LogP contribution in [-0.2, 0) is 6.61 Å². The SMILES string of the molecule is Fc1cccc(COc2cnc(Cl)c(F)c2)c1. The molecule has 2 nitrogen and oxygen atoms in total. The second kappa shape index (κ2) is 5.10. The van der Waals surface area contributed by atoms with Gasteiger partial charge in [0.15, 0.2) is 11.0 Å². The van der Waals surface area contributed by atoms with Crippen LogP contribution in [0.1, 0.15) is 5.56 Å². The number of hydrogen-bond donors (Lipinski definition) is 0. The highest BCUT2D eigenvalue weighted by Gasteiger charge is 2.03. The standard InChI is InChI=1S/C12H8ClF2NO/c13-12-11(15)5-10(6-16-12)17-7-8-2-1-3-9(14)4-8/h1-6H,7H2. The summed E-state index contributed by atoms with van der Waals surface area (Å²) in [5, 5.41) is -0.205. The molecule has 0 fully saturated rings. The molecule has 0 unspecified atom stereocenters. The van der Waals surface area contributed by atoms with E-state index in [0.29, 0.717) is 5.56 Å². The lowest BCUT2D eigenvalue weighted by atomic mass is 10.2. The van der Waals surface area contributed by atoms with Crippen LogP contribution in [0.2, 0.25) is 5.15 Å². The van der Waals surface area contributed by atoms with Crippen LogP contribution >= 0.6 is 11.6 Å². The van der Waals surface area contributed by atoms with Crippen molar-refractivity contribution in [3.8, 4) is 5.75 Å². The molecule has 2 rings (SSSR count). The molecule has 17 heavy (non-hydrogen) atoms. The third kappa shape index (κ3) is 3.14. The molecule has 0 bridgehead atoms. The number of rotatable bonds is 3. The molecule has 0 N–H and O–H groups in total. The lowest BCUT2D eigenvalue weighted by Gasteiger charge is -2.06.